The van der Waals surface area contributed by atoms with Gasteiger partial charge in [-0.25, -0.2) is 0 Å². The third-order valence-electron chi connectivity index (χ3n) is 4.64. The van der Waals surface area contributed by atoms with Crippen LogP contribution in [0.15, 0.2) is 0 Å². The van der Waals surface area contributed by atoms with Gasteiger partial charge in [-0.3, -0.25) is 0 Å². The van der Waals surface area contributed by atoms with Crippen molar-refractivity contribution in [1.29, 1.82) is 0 Å². The molecule has 1 N–H and O–H groups in total. The van der Waals surface area contributed by atoms with E-state index in [0.717, 1.165) is 23.8 Å². The topological polar surface area (TPSA) is 12.0 Å². The van der Waals surface area contributed by atoms with Gasteiger partial charge in [0, 0.05) is 6.04 Å². The minimum Gasteiger partial charge on any atom is -0.314 e. The summed E-state index contributed by atoms with van der Waals surface area (Å²) in [4.78, 5) is 0. The standard InChI is InChI=1S/C17H35N/c1-5-8-14(3)13-17(18-11-6-2)16-10-7-9-15(4)12-16/h14-18H,5-13H2,1-4H3. The van der Waals surface area contributed by atoms with Crippen LogP contribution in [0.2, 0.25) is 0 Å². The molecule has 0 aromatic carbocycles. The molecule has 0 spiro atoms. The fourth-order valence-electron chi connectivity index (χ4n) is 3.66. The van der Waals surface area contributed by atoms with E-state index in [1.807, 2.05) is 0 Å². The van der Waals surface area contributed by atoms with Gasteiger partial charge in [0.25, 0.3) is 0 Å². The lowest BCUT2D eigenvalue weighted by atomic mass is 9.76. The highest BCUT2D eigenvalue weighted by Crippen LogP contribution is 2.33. The van der Waals surface area contributed by atoms with Crippen molar-refractivity contribution in [1.82, 2.24) is 5.32 Å². The highest BCUT2D eigenvalue weighted by Gasteiger charge is 2.27. The van der Waals surface area contributed by atoms with Crippen LogP contribution in [-0.4, -0.2) is 12.6 Å². The normalized spacial score (nSPS) is 28.0. The molecule has 0 heterocycles. The number of rotatable bonds is 8. The molecule has 0 aromatic rings. The van der Waals surface area contributed by atoms with E-state index < -0.39 is 0 Å². The Morgan fingerprint density at radius 3 is 2.56 bits per heavy atom. The fraction of sp³-hybridized carbons (Fsp3) is 1.00. The molecule has 1 heteroatoms. The molecule has 1 saturated carbocycles. The summed E-state index contributed by atoms with van der Waals surface area (Å²) < 4.78 is 0. The first-order valence-corrected chi connectivity index (χ1v) is 8.40. The van der Waals surface area contributed by atoms with Crippen LogP contribution in [0.4, 0.5) is 0 Å². The molecule has 0 bridgehead atoms. The van der Waals surface area contributed by atoms with Gasteiger partial charge in [0.05, 0.1) is 0 Å². The van der Waals surface area contributed by atoms with E-state index in [1.165, 1.54) is 57.9 Å². The smallest absolute Gasteiger partial charge is 0.00979 e. The molecular formula is C17H35N. The van der Waals surface area contributed by atoms with Crippen LogP contribution in [0.5, 0.6) is 0 Å². The van der Waals surface area contributed by atoms with Crippen LogP contribution >= 0.6 is 0 Å². The Balaban J connectivity index is 2.47. The van der Waals surface area contributed by atoms with Crippen LogP contribution < -0.4 is 5.32 Å². The van der Waals surface area contributed by atoms with Gasteiger partial charge in [-0.2, -0.15) is 0 Å². The highest BCUT2D eigenvalue weighted by molar-refractivity contribution is 4.82. The molecular weight excluding hydrogens is 218 g/mol. The summed E-state index contributed by atoms with van der Waals surface area (Å²) in [5.74, 6) is 2.79. The Kier molecular flexibility index (Phi) is 7.97. The zero-order valence-corrected chi connectivity index (χ0v) is 13.2. The maximum atomic E-state index is 3.85. The zero-order valence-electron chi connectivity index (χ0n) is 13.2. The van der Waals surface area contributed by atoms with Gasteiger partial charge < -0.3 is 5.32 Å². The molecule has 1 aliphatic rings. The third-order valence-corrected chi connectivity index (χ3v) is 4.64. The summed E-state index contributed by atoms with van der Waals surface area (Å²) >= 11 is 0. The molecule has 4 unspecified atom stereocenters. The second kappa shape index (κ2) is 8.96. The first-order chi connectivity index (χ1) is 8.67. The van der Waals surface area contributed by atoms with Crippen LogP contribution in [0.3, 0.4) is 0 Å². The second-order valence-electron chi connectivity index (χ2n) is 6.72. The van der Waals surface area contributed by atoms with Crippen molar-refractivity contribution in [3.63, 3.8) is 0 Å². The molecule has 1 nitrogen and oxygen atoms in total. The number of hydrogen-bond acceptors (Lipinski definition) is 1. The van der Waals surface area contributed by atoms with Gasteiger partial charge in [0.15, 0.2) is 0 Å². The molecule has 0 saturated heterocycles. The summed E-state index contributed by atoms with van der Waals surface area (Å²) in [6.45, 7) is 10.7. The Labute approximate surface area is 115 Å². The van der Waals surface area contributed by atoms with Gasteiger partial charge in [-0.15, -0.1) is 0 Å². The number of hydrogen-bond donors (Lipinski definition) is 1. The molecule has 4 atom stereocenters. The predicted molar refractivity (Wildman–Crippen MR) is 81.9 cm³/mol. The fourth-order valence-corrected chi connectivity index (χ4v) is 3.66. The Morgan fingerprint density at radius 2 is 1.94 bits per heavy atom. The third kappa shape index (κ3) is 5.73. The van der Waals surface area contributed by atoms with Crippen molar-refractivity contribution in [2.24, 2.45) is 17.8 Å². The first kappa shape index (κ1) is 16.0. The van der Waals surface area contributed by atoms with Crippen molar-refractivity contribution < 1.29 is 0 Å². The van der Waals surface area contributed by atoms with Crippen molar-refractivity contribution >= 4 is 0 Å². The van der Waals surface area contributed by atoms with Gasteiger partial charge in [0.1, 0.15) is 0 Å². The van der Waals surface area contributed by atoms with E-state index in [1.54, 1.807) is 0 Å². The minimum atomic E-state index is 0.786. The van der Waals surface area contributed by atoms with Gasteiger partial charge in [-0.1, -0.05) is 53.4 Å². The molecule has 18 heavy (non-hydrogen) atoms. The van der Waals surface area contributed by atoms with E-state index in [0.29, 0.717) is 0 Å². The van der Waals surface area contributed by atoms with Gasteiger partial charge in [0.2, 0.25) is 0 Å². The van der Waals surface area contributed by atoms with Gasteiger partial charge >= 0.3 is 0 Å². The predicted octanol–water partition coefficient (Wildman–Crippen LogP) is 5.01. The van der Waals surface area contributed by atoms with Crippen molar-refractivity contribution in [2.45, 2.75) is 85.1 Å². The lowest BCUT2D eigenvalue weighted by Gasteiger charge is -2.35. The maximum absolute atomic E-state index is 3.85. The molecule has 0 aromatic heterocycles. The Bertz CT molecular complexity index is 202. The van der Waals surface area contributed by atoms with Crippen molar-refractivity contribution in [3.8, 4) is 0 Å². The minimum absolute atomic E-state index is 0.786. The van der Waals surface area contributed by atoms with Crippen LogP contribution in [-0.2, 0) is 0 Å². The monoisotopic (exact) mass is 253 g/mol. The lowest BCUT2D eigenvalue weighted by Crippen LogP contribution is -2.40. The number of nitrogens with one attached hydrogen (secondary N) is 1. The molecule has 1 rings (SSSR count). The van der Waals surface area contributed by atoms with E-state index in [4.69, 9.17) is 0 Å². The highest BCUT2D eigenvalue weighted by atomic mass is 14.9. The molecule has 1 fully saturated rings. The lowest BCUT2D eigenvalue weighted by molar-refractivity contribution is 0.199. The van der Waals surface area contributed by atoms with E-state index in [2.05, 4.69) is 33.0 Å². The summed E-state index contributed by atoms with van der Waals surface area (Å²) in [5, 5.41) is 3.85. The van der Waals surface area contributed by atoms with E-state index in [-0.39, 0.29) is 0 Å². The Hall–Kier alpha value is -0.0400. The largest absolute Gasteiger partial charge is 0.314 e. The van der Waals surface area contributed by atoms with Crippen molar-refractivity contribution in [3.05, 3.63) is 0 Å². The first-order valence-electron chi connectivity index (χ1n) is 8.40. The van der Waals surface area contributed by atoms with Crippen molar-refractivity contribution in [2.75, 3.05) is 6.54 Å². The van der Waals surface area contributed by atoms with Crippen LogP contribution in [0, 0.1) is 17.8 Å². The molecule has 0 amide bonds. The molecule has 0 aliphatic heterocycles. The molecule has 0 radical (unpaired) electrons. The average Bonchev–Trinajstić information content (AvgIpc) is 2.34. The van der Waals surface area contributed by atoms with E-state index >= 15 is 0 Å². The quantitative estimate of drug-likeness (QED) is 0.641. The zero-order chi connectivity index (χ0) is 13.4. The van der Waals surface area contributed by atoms with Gasteiger partial charge in [-0.05, 0) is 50.0 Å². The molecule has 108 valence electrons. The summed E-state index contributed by atoms with van der Waals surface area (Å²) in [6, 6.07) is 0.786. The molecule has 1 aliphatic carbocycles. The average molecular weight is 253 g/mol. The van der Waals surface area contributed by atoms with Crippen LogP contribution in [0.25, 0.3) is 0 Å². The summed E-state index contributed by atoms with van der Waals surface area (Å²) in [6.07, 6.45) is 11.2. The van der Waals surface area contributed by atoms with E-state index in [9.17, 15) is 0 Å². The van der Waals surface area contributed by atoms with Crippen LogP contribution in [0.1, 0.15) is 79.1 Å². The maximum Gasteiger partial charge on any atom is 0.00979 e. The Morgan fingerprint density at radius 1 is 1.17 bits per heavy atom. The second-order valence-corrected chi connectivity index (χ2v) is 6.72. The summed E-state index contributed by atoms with van der Waals surface area (Å²) in [5.41, 5.74) is 0. The SMILES string of the molecule is CCCNC(CC(C)CCC)C1CCCC(C)C1. The summed E-state index contributed by atoms with van der Waals surface area (Å²) in [7, 11) is 0.